The van der Waals surface area contributed by atoms with Crippen molar-refractivity contribution < 1.29 is 27.9 Å². The Balaban J connectivity index is 1.98. The number of nitrogens with one attached hydrogen (secondary N) is 1. The molecule has 9 heteroatoms. The van der Waals surface area contributed by atoms with Gasteiger partial charge in [0.15, 0.2) is 5.82 Å². The van der Waals surface area contributed by atoms with Crippen LogP contribution in [0.1, 0.15) is 18.1 Å². The topological polar surface area (TPSA) is 84.2 Å². The fraction of sp³-hybridized carbons (Fsp3) is 0.312. The minimum absolute atomic E-state index is 0.131. The van der Waals surface area contributed by atoms with Gasteiger partial charge in [-0.1, -0.05) is 25.1 Å². The minimum atomic E-state index is -4.43. The highest BCUT2D eigenvalue weighted by molar-refractivity contribution is 5.91. The number of carbonyl (C=O) groups excluding carboxylic acids is 1. The maximum absolute atomic E-state index is 12.7. The first-order valence-corrected chi connectivity index (χ1v) is 7.37. The largest absolute Gasteiger partial charge is 0.480 e. The van der Waals surface area contributed by atoms with E-state index in [2.05, 4.69) is 10.4 Å². The summed E-state index contributed by atoms with van der Waals surface area (Å²) < 4.78 is 39.3. The highest BCUT2D eigenvalue weighted by atomic mass is 19.4. The van der Waals surface area contributed by atoms with E-state index in [0.29, 0.717) is 5.56 Å². The average molecular weight is 355 g/mol. The lowest BCUT2D eigenvalue weighted by Gasteiger charge is -2.13. The van der Waals surface area contributed by atoms with E-state index < -0.39 is 29.5 Å². The fourth-order valence-electron chi connectivity index (χ4n) is 2.23. The molecule has 0 fully saturated rings. The molecule has 1 unspecified atom stereocenters. The van der Waals surface area contributed by atoms with Crippen LogP contribution >= 0.6 is 0 Å². The molecule has 0 bridgehead atoms. The van der Waals surface area contributed by atoms with Gasteiger partial charge < -0.3 is 10.4 Å². The Kier molecular flexibility index (Phi) is 5.45. The molecule has 0 radical (unpaired) electrons. The highest BCUT2D eigenvalue weighted by Gasteiger charge is 2.30. The molecule has 0 saturated carbocycles. The Bertz CT molecular complexity index is 771. The average Bonchev–Trinajstić information content (AvgIpc) is 2.92. The van der Waals surface area contributed by atoms with Gasteiger partial charge in [-0.25, -0.2) is 0 Å². The van der Waals surface area contributed by atoms with E-state index in [0.717, 1.165) is 16.8 Å². The van der Waals surface area contributed by atoms with E-state index in [-0.39, 0.29) is 18.8 Å². The second-order valence-corrected chi connectivity index (χ2v) is 5.58. The summed E-state index contributed by atoms with van der Waals surface area (Å²) >= 11 is 0. The Labute approximate surface area is 141 Å². The van der Waals surface area contributed by atoms with Crippen LogP contribution in [-0.2, 0) is 28.7 Å². The number of aliphatic carboxylic acids is 1. The zero-order valence-corrected chi connectivity index (χ0v) is 13.2. The summed E-state index contributed by atoms with van der Waals surface area (Å²) in [5.41, 5.74) is -0.362. The van der Waals surface area contributed by atoms with Crippen molar-refractivity contribution in [2.45, 2.75) is 26.1 Å². The van der Waals surface area contributed by atoms with Crippen molar-refractivity contribution in [2.24, 2.45) is 5.92 Å². The summed E-state index contributed by atoms with van der Waals surface area (Å²) in [6, 6.07) is 6.27. The number of hydrogen-bond donors (Lipinski definition) is 2. The molecule has 1 atom stereocenters. The lowest BCUT2D eigenvalue weighted by atomic mass is 9.98. The van der Waals surface area contributed by atoms with Gasteiger partial charge in [0.05, 0.1) is 5.56 Å². The van der Waals surface area contributed by atoms with Gasteiger partial charge in [-0.3, -0.25) is 14.3 Å². The molecule has 0 aliphatic heterocycles. The van der Waals surface area contributed by atoms with Gasteiger partial charge in [-0.2, -0.15) is 18.3 Å². The van der Waals surface area contributed by atoms with Gasteiger partial charge in [-0.15, -0.1) is 0 Å². The zero-order valence-electron chi connectivity index (χ0n) is 13.2. The van der Waals surface area contributed by atoms with E-state index in [4.69, 9.17) is 5.11 Å². The van der Waals surface area contributed by atoms with Crippen molar-refractivity contribution in [3.8, 4) is 0 Å². The Morgan fingerprint density at radius 3 is 2.68 bits per heavy atom. The highest BCUT2D eigenvalue weighted by Crippen LogP contribution is 2.30. The molecule has 0 saturated heterocycles. The van der Waals surface area contributed by atoms with E-state index in [1.165, 1.54) is 24.4 Å². The molecule has 6 nitrogen and oxygen atoms in total. The smallest absolute Gasteiger partial charge is 0.416 e. The van der Waals surface area contributed by atoms with Gasteiger partial charge in [0.2, 0.25) is 5.91 Å². The summed E-state index contributed by atoms with van der Waals surface area (Å²) in [6.45, 7) is 1.25. The Hall–Kier alpha value is -2.84. The van der Waals surface area contributed by atoms with Gasteiger partial charge in [-0.05, 0) is 18.1 Å². The van der Waals surface area contributed by atoms with Crippen molar-refractivity contribution in [3.05, 3.63) is 47.7 Å². The molecule has 2 aromatic rings. The number of carboxylic acid groups (broad SMARTS) is 1. The quantitative estimate of drug-likeness (QED) is 0.835. The number of carboxylic acids is 1. The Morgan fingerprint density at radius 1 is 1.32 bits per heavy atom. The van der Waals surface area contributed by atoms with E-state index >= 15 is 0 Å². The van der Waals surface area contributed by atoms with Crippen LogP contribution < -0.4 is 5.32 Å². The second-order valence-electron chi connectivity index (χ2n) is 5.58. The van der Waals surface area contributed by atoms with Crippen LogP contribution in [0.2, 0.25) is 0 Å². The number of anilines is 1. The minimum Gasteiger partial charge on any atom is -0.480 e. The molecular formula is C16H16F3N3O3. The van der Waals surface area contributed by atoms with Crippen molar-refractivity contribution in [1.82, 2.24) is 9.78 Å². The number of aromatic nitrogens is 2. The summed E-state index contributed by atoms with van der Waals surface area (Å²) in [4.78, 5) is 22.7. The predicted octanol–water partition coefficient (Wildman–Crippen LogP) is 2.80. The van der Waals surface area contributed by atoms with Gasteiger partial charge in [0, 0.05) is 18.2 Å². The normalized spacial score (nSPS) is 12.6. The molecule has 1 aromatic heterocycles. The third kappa shape index (κ3) is 5.33. The maximum atomic E-state index is 12.7. The first-order chi connectivity index (χ1) is 11.6. The fourth-order valence-corrected chi connectivity index (χ4v) is 2.23. The number of amides is 1. The van der Waals surface area contributed by atoms with E-state index in [1.807, 2.05) is 0 Å². The number of hydrogen-bond acceptors (Lipinski definition) is 3. The monoisotopic (exact) mass is 355 g/mol. The third-order valence-electron chi connectivity index (χ3n) is 3.43. The third-order valence-corrected chi connectivity index (χ3v) is 3.43. The molecule has 0 aliphatic rings. The summed E-state index contributed by atoms with van der Waals surface area (Å²) in [5, 5.41) is 15.1. The first-order valence-electron chi connectivity index (χ1n) is 7.37. The summed E-state index contributed by atoms with van der Waals surface area (Å²) in [6.07, 6.45) is -2.90. The molecule has 0 spiro atoms. The molecule has 1 heterocycles. The summed E-state index contributed by atoms with van der Waals surface area (Å²) in [5.74, 6) is -1.90. The van der Waals surface area contributed by atoms with Crippen LogP contribution in [0.25, 0.3) is 0 Å². The summed E-state index contributed by atoms with van der Waals surface area (Å²) in [7, 11) is 0. The van der Waals surface area contributed by atoms with Gasteiger partial charge in [0.25, 0.3) is 0 Å². The lowest BCUT2D eigenvalue weighted by molar-refractivity contribution is -0.138. The molecule has 1 aromatic carbocycles. The number of halogens is 3. The van der Waals surface area contributed by atoms with Crippen LogP contribution in [0.3, 0.4) is 0 Å². The van der Waals surface area contributed by atoms with Crippen LogP contribution in [-0.4, -0.2) is 26.8 Å². The van der Waals surface area contributed by atoms with Crippen LogP contribution in [0, 0.1) is 5.92 Å². The molecule has 25 heavy (non-hydrogen) atoms. The molecule has 1 amide bonds. The van der Waals surface area contributed by atoms with Crippen molar-refractivity contribution in [2.75, 3.05) is 5.32 Å². The first kappa shape index (κ1) is 18.5. The molecule has 2 N–H and O–H groups in total. The number of carbonyl (C=O) groups is 2. The Morgan fingerprint density at radius 2 is 2.04 bits per heavy atom. The van der Waals surface area contributed by atoms with Crippen molar-refractivity contribution in [1.29, 1.82) is 0 Å². The zero-order chi connectivity index (χ0) is 18.6. The SMILES string of the molecule is CC(Cc1cccc(C(F)(F)F)c1)C(=O)Nc1ccn(CC(=O)O)n1. The predicted molar refractivity (Wildman–Crippen MR) is 82.8 cm³/mol. The van der Waals surface area contributed by atoms with E-state index in [9.17, 15) is 22.8 Å². The molecule has 2 rings (SSSR count). The lowest BCUT2D eigenvalue weighted by Crippen LogP contribution is -2.23. The standard InChI is InChI=1S/C16H16F3N3O3/c1-10(7-11-3-2-4-12(8-11)16(17,18)19)15(25)20-13-5-6-22(21-13)9-14(23)24/h2-6,8,10H,7,9H2,1H3,(H,23,24)(H,20,21,25). The molecular weight excluding hydrogens is 339 g/mol. The number of nitrogens with zero attached hydrogens (tertiary/aromatic N) is 2. The number of alkyl halides is 3. The van der Waals surface area contributed by atoms with Crippen LogP contribution in [0.4, 0.5) is 19.0 Å². The van der Waals surface area contributed by atoms with Crippen molar-refractivity contribution >= 4 is 17.7 Å². The van der Waals surface area contributed by atoms with E-state index in [1.54, 1.807) is 6.92 Å². The van der Waals surface area contributed by atoms with Gasteiger partial charge >= 0.3 is 12.1 Å². The maximum Gasteiger partial charge on any atom is 0.416 e. The van der Waals surface area contributed by atoms with Crippen LogP contribution in [0.15, 0.2) is 36.5 Å². The number of benzene rings is 1. The molecule has 0 aliphatic carbocycles. The van der Waals surface area contributed by atoms with Crippen LogP contribution in [0.5, 0.6) is 0 Å². The van der Waals surface area contributed by atoms with Crippen molar-refractivity contribution in [3.63, 3.8) is 0 Å². The molecule has 134 valence electrons. The van der Waals surface area contributed by atoms with Gasteiger partial charge in [0.1, 0.15) is 6.54 Å². The number of rotatable bonds is 6. The second kappa shape index (κ2) is 7.37.